The molecule has 1 saturated heterocycles. The molecular weight excluding hydrogens is 242 g/mol. The number of amides is 1. The number of hydrogen-bond donors (Lipinski definition) is 1. The van der Waals surface area contributed by atoms with Gasteiger partial charge >= 0.3 is 5.97 Å². The van der Waals surface area contributed by atoms with Crippen molar-refractivity contribution in [3.63, 3.8) is 0 Å². The molecule has 0 radical (unpaired) electrons. The molecule has 1 unspecified atom stereocenters. The topological polar surface area (TPSA) is 57.6 Å². The largest absolute Gasteiger partial charge is 0.481 e. The molecule has 1 saturated carbocycles. The van der Waals surface area contributed by atoms with E-state index in [1.165, 1.54) is 19.3 Å². The number of carbonyl (C=O) groups is 2. The molecule has 1 atom stereocenters. The van der Waals surface area contributed by atoms with Gasteiger partial charge in [0.15, 0.2) is 0 Å². The molecule has 19 heavy (non-hydrogen) atoms. The van der Waals surface area contributed by atoms with E-state index >= 15 is 0 Å². The molecule has 4 nitrogen and oxygen atoms in total. The molecule has 4 heteroatoms. The Morgan fingerprint density at radius 2 is 1.42 bits per heavy atom. The van der Waals surface area contributed by atoms with Crippen LogP contribution >= 0.6 is 0 Å². The molecule has 2 fully saturated rings. The van der Waals surface area contributed by atoms with Crippen molar-refractivity contribution >= 4 is 11.9 Å². The summed E-state index contributed by atoms with van der Waals surface area (Å²) >= 11 is 0. The van der Waals surface area contributed by atoms with Gasteiger partial charge in [0.2, 0.25) is 5.91 Å². The first kappa shape index (κ1) is 14.4. The Bertz CT molecular complexity index is 321. The summed E-state index contributed by atoms with van der Waals surface area (Å²) in [6, 6.07) is 0. The van der Waals surface area contributed by atoms with E-state index in [1.807, 2.05) is 4.90 Å². The van der Waals surface area contributed by atoms with Crippen molar-refractivity contribution in [2.24, 2.45) is 11.8 Å². The van der Waals surface area contributed by atoms with Gasteiger partial charge in [0.25, 0.3) is 0 Å². The molecule has 0 aromatic rings. The molecule has 0 aromatic heterocycles. The maximum absolute atomic E-state index is 12.5. The van der Waals surface area contributed by atoms with Crippen LogP contribution in [0.2, 0.25) is 0 Å². The quantitative estimate of drug-likeness (QED) is 0.836. The van der Waals surface area contributed by atoms with Crippen LogP contribution < -0.4 is 0 Å². The molecule has 0 aromatic carbocycles. The first-order valence-electron chi connectivity index (χ1n) is 7.70. The van der Waals surface area contributed by atoms with Gasteiger partial charge < -0.3 is 10.0 Å². The summed E-state index contributed by atoms with van der Waals surface area (Å²) in [7, 11) is 0. The summed E-state index contributed by atoms with van der Waals surface area (Å²) < 4.78 is 0. The summed E-state index contributed by atoms with van der Waals surface area (Å²) in [4.78, 5) is 25.4. The normalized spacial score (nSPS) is 26.5. The van der Waals surface area contributed by atoms with Gasteiger partial charge in [0.05, 0.1) is 5.92 Å². The van der Waals surface area contributed by atoms with Crippen LogP contribution in [0.1, 0.15) is 57.8 Å². The zero-order chi connectivity index (χ0) is 13.7. The lowest BCUT2D eigenvalue weighted by Crippen LogP contribution is -2.45. The lowest BCUT2D eigenvalue weighted by Gasteiger charge is -2.34. The van der Waals surface area contributed by atoms with Gasteiger partial charge in [-0.05, 0) is 25.7 Å². The fraction of sp³-hybridized carbons (Fsp3) is 0.867. The van der Waals surface area contributed by atoms with Crippen molar-refractivity contribution in [1.29, 1.82) is 0 Å². The molecule has 1 N–H and O–H groups in total. The molecule has 1 heterocycles. The van der Waals surface area contributed by atoms with Gasteiger partial charge in [-0.1, -0.05) is 32.1 Å². The maximum atomic E-state index is 12.5. The van der Waals surface area contributed by atoms with Gasteiger partial charge in [-0.25, -0.2) is 0 Å². The first-order chi connectivity index (χ1) is 9.18. The van der Waals surface area contributed by atoms with Crippen LogP contribution in [-0.2, 0) is 9.59 Å². The molecule has 108 valence electrons. The third kappa shape index (κ3) is 3.95. The number of nitrogens with zero attached hydrogens (tertiary/aromatic N) is 1. The van der Waals surface area contributed by atoms with Crippen LogP contribution in [0.15, 0.2) is 0 Å². The van der Waals surface area contributed by atoms with Crippen molar-refractivity contribution in [1.82, 2.24) is 4.90 Å². The lowest BCUT2D eigenvalue weighted by atomic mass is 9.89. The second-order valence-corrected chi connectivity index (χ2v) is 6.00. The highest BCUT2D eigenvalue weighted by molar-refractivity contribution is 5.80. The van der Waals surface area contributed by atoms with Gasteiger partial charge in [-0.3, -0.25) is 9.59 Å². The predicted octanol–water partition coefficient (Wildman–Crippen LogP) is 2.67. The highest BCUT2D eigenvalue weighted by atomic mass is 16.4. The minimum Gasteiger partial charge on any atom is -0.481 e. The van der Waals surface area contributed by atoms with Crippen LogP contribution in [0.25, 0.3) is 0 Å². The van der Waals surface area contributed by atoms with Gasteiger partial charge in [-0.15, -0.1) is 0 Å². The maximum Gasteiger partial charge on any atom is 0.308 e. The van der Waals surface area contributed by atoms with Gasteiger partial charge in [0, 0.05) is 19.0 Å². The lowest BCUT2D eigenvalue weighted by molar-refractivity contribution is -0.147. The molecule has 2 aliphatic rings. The van der Waals surface area contributed by atoms with Crippen LogP contribution in [-0.4, -0.2) is 35.0 Å². The minimum absolute atomic E-state index is 0.146. The second-order valence-electron chi connectivity index (χ2n) is 6.00. The number of carboxylic acids is 1. The Morgan fingerprint density at radius 1 is 0.842 bits per heavy atom. The number of hydrogen-bond acceptors (Lipinski definition) is 2. The summed E-state index contributed by atoms with van der Waals surface area (Å²) in [6.45, 7) is 1.17. The molecule has 1 amide bonds. The highest BCUT2D eigenvalue weighted by Gasteiger charge is 2.31. The summed E-state index contributed by atoms with van der Waals surface area (Å²) in [5.74, 6) is -0.748. The molecule has 1 aliphatic carbocycles. The Morgan fingerprint density at radius 3 is 2.05 bits per heavy atom. The number of aliphatic carboxylic acids is 1. The monoisotopic (exact) mass is 267 g/mol. The Hall–Kier alpha value is -1.06. The van der Waals surface area contributed by atoms with Crippen molar-refractivity contribution in [3.05, 3.63) is 0 Å². The van der Waals surface area contributed by atoms with Gasteiger partial charge in [-0.2, -0.15) is 0 Å². The average molecular weight is 267 g/mol. The first-order valence-corrected chi connectivity index (χ1v) is 7.70. The molecule has 1 aliphatic heterocycles. The number of likely N-dealkylation sites (tertiary alicyclic amines) is 1. The van der Waals surface area contributed by atoms with Crippen LogP contribution in [0.3, 0.4) is 0 Å². The predicted molar refractivity (Wildman–Crippen MR) is 72.7 cm³/mol. The number of carbonyl (C=O) groups excluding carboxylic acids is 1. The van der Waals surface area contributed by atoms with Crippen molar-refractivity contribution in [3.8, 4) is 0 Å². The van der Waals surface area contributed by atoms with Crippen LogP contribution in [0, 0.1) is 11.8 Å². The second kappa shape index (κ2) is 6.92. The van der Waals surface area contributed by atoms with E-state index in [2.05, 4.69) is 0 Å². The fourth-order valence-corrected chi connectivity index (χ4v) is 3.34. The summed E-state index contributed by atoms with van der Waals surface area (Å²) in [5.41, 5.74) is 0. The van der Waals surface area contributed by atoms with E-state index in [9.17, 15) is 9.59 Å². The van der Waals surface area contributed by atoms with Crippen LogP contribution in [0.4, 0.5) is 0 Å². The van der Waals surface area contributed by atoms with E-state index < -0.39 is 5.97 Å². The molecule has 2 rings (SSSR count). The zero-order valence-corrected chi connectivity index (χ0v) is 11.6. The number of piperidine rings is 1. The van der Waals surface area contributed by atoms with E-state index in [1.54, 1.807) is 0 Å². The van der Waals surface area contributed by atoms with Crippen molar-refractivity contribution < 1.29 is 14.7 Å². The van der Waals surface area contributed by atoms with Crippen molar-refractivity contribution in [2.45, 2.75) is 57.8 Å². The zero-order valence-electron chi connectivity index (χ0n) is 11.6. The van der Waals surface area contributed by atoms with Crippen molar-refractivity contribution in [2.75, 3.05) is 13.1 Å². The number of carboxylic acid groups (broad SMARTS) is 1. The minimum atomic E-state index is -0.754. The third-order valence-corrected chi connectivity index (χ3v) is 4.54. The smallest absolute Gasteiger partial charge is 0.308 e. The average Bonchev–Trinajstić information content (AvgIpc) is 2.38. The summed E-state index contributed by atoms with van der Waals surface area (Å²) in [6.07, 6.45) is 9.59. The third-order valence-electron chi connectivity index (χ3n) is 4.54. The highest BCUT2D eigenvalue weighted by Crippen LogP contribution is 2.26. The van der Waals surface area contributed by atoms with E-state index in [-0.39, 0.29) is 17.7 Å². The Kier molecular flexibility index (Phi) is 5.23. The number of rotatable bonds is 2. The molecule has 0 bridgehead atoms. The van der Waals surface area contributed by atoms with Crippen LogP contribution in [0.5, 0.6) is 0 Å². The molecule has 0 spiro atoms. The Labute approximate surface area is 115 Å². The van der Waals surface area contributed by atoms with Gasteiger partial charge in [0.1, 0.15) is 0 Å². The van der Waals surface area contributed by atoms with E-state index in [4.69, 9.17) is 5.11 Å². The van der Waals surface area contributed by atoms with E-state index in [0.717, 1.165) is 38.6 Å². The standard InChI is InChI=1S/C15H25NO3/c17-14(12-7-4-2-1-3-5-8-12)16-10-6-9-13(11-16)15(18)19/h12-13H,1-11H2,(H,18,19). The Balaban J connectivity index is 1.91. The summed E-state index contributed by atoms with van der Waals surface area (Å²) in [5, 5.41) is 9.09. The van der Waals surface area contributed by atoms with E-state index in [0.29, 0.717) is 13.0 Å². The fourth-order valence-electron chi connectivity index (χ4n) is 3.34. The SMILES string of the molecule is O=C(O)C1CCCN(C(=O)C2CCCCCCC2)C1. The molecular formula is C15H25NO3.